The van der Waals surface area contributed by atoms with E-state index in [1.165, 1.54) is 0 Å². The molecule has 1 N–H and O–H groups in total. The van der Waals surface area contributed by atoms with E-state index in [4.69, 9.17) is 11.6 Å². The van der Waals surface area contributed by atoms with Gasteiger partial charge in [0, 0.05) is 22.3 Å². The summed E-state index contributed by atoms with van der Waals surface area (Å²) >= 11 is 7.98. The monoisotopic (exact) mass is 416 g/mol. The maximum absolute atomic E-state index is 13.1. The van der Waals surface area contributed by atoms with Crippen molar-refractivity contribution in [3.05, 3.63) is 70.7 Å². The normalized spacial score (nSPS) is 20.2. The molecule has 0 saturated carbocycles. The van der Waals surface area contributed by atoms with Gasteiger partial charge in [0.15, 0.2) is 0 Å². The molecule has 1 saturated heterocycles. The van der Waals surface area contributed by atoms with Crippen LogP contribution in [0.15, 0.2) is 54.6 Å². The Morgan fingerprint density at radius 2 is 1.71 bits per heavy atom. The predicted molar refractivity (Wildman–Crippen MR) is 115 cm³/mol. The Kier molecular flexibility index (Phi) is 6.68. The number of hydrogen-bond donors (Lipinski definition) is 1. The van der Waals surface area contributed by atoms with Gasteiger partial charge in [-0.1, -0.05) is 74.0 Å². The summed E-state index contributed by atoms with van der Waals surface area (Å²) in [6, 6.07) is 16.7. The Morgan fingerprint density at radius 1 is 1.07 bits per heavy atom. The molecule has 1 fully saturated rings. The van der Waals surface area contributed by atoms with Crippen LogP contribution in [0.3, 0.4) is 0 Å². The van der Waals surface area contributed by atoms with Crippen LogP contribution in [0.5, 0.6) is 0 Å². The van der Waals surface area contributed by atoms with Crippen molar-refractivity contribution in [2.75, 3.05) is 5.75 Å². The Bertz CT molecular complexity index is 843. The molecule has 2 aromatic rings. The highest BCUT2D eigenvalue weighted by molar-refractivity contribution is 7.99. The smallest absolute Gasteiger partial charge is 0.244 e. The van der Waals surface area contributed by atoms with Crippen molar-refractivity contribution >= 4 is 35.2 Å². The van der Waals surface area contributed by atoms with Crippen LogP contribution in [0.2, 0.25) is 5.02 Å². The zero-order valence-corrected chi connectivity index (χ0v) is 17.8. The lowest BCUT2D eigenvalue weighted by Gasteiger charge is -2.31. The van der Waals surface area contributed by atoms with Gasteiger partial charge < -0.3 is 10.2 Å². The molecule has 0 radical (unpaired) electrons. The number of hydrogen-bond acceptors (Lipinski definition) is 3. The van der Waals surface area contributed by atoms with Crippen molar-refractivity contribution in [3.8, 4) is 0 Å². The molecule has 0 bridgehead atoms. The minimum Gasteiger partial charge on any atom is -0.348 e. The number of amides is 2. The summed E-state index contributed by atoms with van der Waals surface area (Å²) in [4.78, 5) is 27.8. The molecule has 3 rings (SSSR count). The molecule has 4 nitrogen and oxygen atoms in total. The number of carbonyl (C=O) groups excluding carboxylic acids is 2. The van der Waals surface area contributed by atoms with Gasteiger partial charge in [-0.3, -0.25) is 9.59 Å². The first kappa shape index (κ1) is 20.7. The number of nitrogens with one attached hydrogen (secondary N) is 1. The first-order valence-electron chi connectivity index (χ1n) is 9.43. The third-order valence-corrected chi connectivity index (χ3v) is 6.53. The van der Waals surface area contributed by atoms with E-state index in [0.717, 1.165) is 11.1 Å². The van der Waals surface area contributed by atoms with E-state index in [1.807, 2.05) is 75.4 Å². The van der Waals surface area contributed by atoms with Gasteiger partial charge in [0.25, 0.3) is 0 Å². The lowest BCUT2D eigenvalue weighted by molar-refractivity contribution is -0.142. The minimum atomic E-state index is -0.521. The van der Waals surface area contributed by atoms with Crippen molar-refractivity contribution in [1.29, 1.82) is 0 Å². The predicted octanol–water partition coefficient (Wildman–Crippen LogP) is 4.82. The molecule has 1 heterocycles. The Labute approximate surface area is 175 Å². The summed E-state index contributed by atoms with van der Waals surface area (Å²) in [5, 5.41) is 3.42. The van der Waals surface area contributed by atoms with Gasteiger partial charge in [-0.25, -0.2) is 0 Å². The van der Waals surface area contributed by atoms with Crippen LogP contribution in [0.25, 0.3) is 0 Å². The van der Waals surface area contributed by atoms with E-state index < -0.39 is 6.04 Å². The molecule has 1 aliphatic rings. The molecule has 0 aliphatic carbocycles. The van der Waals surface area contributed by atoms with E-state index in [0.29, 0.717) is 10.8 Å². The summed E-state index contributed by atoms with van der Waals surface area (Å²) in [6.07, 6.45) is 0. The topological polar surface area (TPSA) is 49.4 Å². The van der Waals surface area contributed by atoms with Crippen molar-refractivity contribution < 1.29 is 9.59 Å². The second-order valence-electron chi connectivity index (χ2n) is 7.26. The Hall–Kier alpha value is -1.98. The SMILES string of the molecule is CC(C)C(=O)N1[C@@H](C(=O)N[C@@H](C)c2ccccc2)CS[C@@H]1c1ccccc1Cl. The fraction of sp³-hybridized carbons (Fsp3) is 0.364. The first-order valence-corrected chi connectivity index (χ1v) is 10.9. The maximum atomic E-state index is 13.1. The largest absolute Gasteiger partial charge is 0.348 e. The van der Waals surface area contributed by atoms with Crippen LogP contribution in [0, 0.1) is 5.92 Å². The third kappa shape index (κ3) is 4.36. The molecular formula is C22H25ClN2O2S. The molecule has 0 aromatic heterocycles. The van der Waals surface area contributed by atoms with Crippen molar-refractivity contribution in [1.82, 2.24) is 10.2 Å². The standard InChI is InChI=1S/C22H25ClN2O2S/c1-14(2)21(27)25-19(13-28-22(25)17-11-7-8-12-18(17)23)20(26)24-15(3)16-9-5-4-6-10-16/h4-12,14-15,19,22H,13H2,1-3H3,(H,24,26)/t15-,19+,22+/m0/s1. The molecule has 0 unspecified atom stereocenters. The number of rotatable bonds is 5. The number of thioether (sulfide) groups is 1. The van der Waals surface area contributed by atoms with E-state index in [9.17, 15) is 9.59 Å². The molecular weight excluding hydrogens is 392 g/mol. The summed E-state index contributed by atoms with van der Waals surface area (Å²) in [6.45, 7) is 5.67. The molecule has 2 aromatic carbocycles. The number of benzene rings is 2. The lowest BCUT2D eigenvalue weighted by atomic mass is 10.1. The second-order valence-corrected chi connectivity index (χ2v) is 8.78. The van der Waals surface area contributed by atoms with E-state index in [2.05, 4.69) is 5.32 Å². The summed E-state index contributed by atoms with van der Waals surface area (Å²) < 4.78 is 0. The molecule has 6 heteroatoms. The van der Waals surface area contributed by atoms with E-state index in [1.54, 1.807) is 16.7 Å². The third-order valence-electron chi connectivity index (χ3n) is 4.88. The Balaban J connectivity index is 1.84. The van der Waals surface area contributed by atoms with Crippen LogP contribution >= 0.6 is 23.4 Å². The van der Waals surface area contributed by atoms with Crippen molar-refractivity contribution in [2.24, 2.45) is 5.92 Å². The average Bonchev–Trinajstić information content (AvgIpc) is 3.13. The number of halogens is 1. The molecule has 2 amide bonds. The van der Waals surface area contributed by atoms with Gasteiger partial charge in [-0.2, -0.15) is 0 Å². The van der Waals surface area contributed by atoms with Gasteiger partial charge in [0.1, 0.15) is 11.4 Å². The van der Waals surface area contributed by atoms with Gasteiger partial charge in [-0.05, 0) is 18.6 Å². The highest BCUT2D eigenvalue weighted by Crippen LogP contribution is 2.44. The lowest BCUT2D eigenvalue weighted by Crippen LogP contribution is -2.49. The first-order chi connectivity index (χ1) is 13.4. The molecule has 0 spiro atoms. The van der Waals surface area contributed by atoms with Crippen LogP contribution in [0.4, 0.5) is 0 Å². The number of carbonyl (C=O) groups is 2. The minimum absolute atomic E-state index is 0.0394. The molecule has 148 valence electrons. The fourth-order valence-electron chi connectivity index (χ4n) is 3.33. The van der Waals surface area contributed by atoms with E-state index in [-0.39, 0.29) is 29.1 Å². The quantitative estimate of drug-likeness (QED) is 0.760. The van der Waals surface area contributed by atoms with Gasteiger partial charge in [-0.15, -0.1) is 11.8 Å². The van der Waals surface area contributed by atoms with Crippen LogP contribution in [0.1, 0.15) is 43.3 Å². The van der Waals surface area contributed by atoms with Crippen molar-refractivity contribution in [2.45, 2.75) is 38.2 Å². The zero-order chi connectivity index (χ0) is 20.3. The molecule has 1 aliphatic heterocycles. The van der Waals surface area contributed by atoms with Gasteiger partial charge in [0.05, 0.1) is 6.04 Å². The van der Waals surface area contributed by atoms with Crippen LogP contribution < -0.4 is 5.32 Å². The summed E-state index contributed by atoms with van der Waals surface area (Å²) in [5.41, 5.74) is 1.90. The van der Waals surface area contributed by atoms with Gasteiger partial charge >= 0.3 is 0 Å². The highest BCUT2D eigenvalue weighted by Gasteiger charge is 2.43. The van der Waals surface area contributed by atoms with Crippen molar-refractivity contribution in [3.63, 3.8) is 0 Å². The zero-order valence-electron chi connectivity index (χ0n) is 16.3. The second kappa shape index (κ2) is 9.01. The Morgan fingerprint density at radius 3 is 2.36 bits per heavy atom. The van der Waals surface area contributed by atoms with Crippen LogP contribution in [-0.2, 0) is 9.59 Å². The average molecular weight is 417 g/mol. The molecule has 3 atom stereocenters. The highest BCUT2D eigenvalue weighted by atomic mass is 35.5. The number of nitrogens with zero attached hydrogens (tertiary/aromatic N) is 1. The van der Waals surface area contributed by atoms with Crippen LogP contribution in [-0.4, -0.2) is 28.5 Å². The molecule has 28 heavy (non-hydrogen) atoms. The summed E-state index contributed by atoms with van der Waals surface area (Å²) in [7, 11) is 0. The summed E-state index contributed by atoms with van der Waals surface area (Å²) in [5.74, 6) is 0.169. The maximum Gasteiger partial charge on any atom is 0.244 e. The fourth-order valence-corrected chi connectivity index (χ4v) is 5.10. The van der Waals surface area contributed by atoms with E-state index >= 15 is 0 Å². The van der Waals surface area contributed by atoms with Gasteiger partial charge in [0.2, 0.25) is 11.8 Å².